The van der Waals surface area contributed by atoms with Gasteiger partial charge in [0.15, 0.2) is 0 Å². The maximum Gasteiger partial charge on any atom is 0.271 e. The fourth-order valence-electron chi connectivity index (χ4n) is 3.32. The van der Waals surface area contributed by atoms with Gasteiger partial charge in [-0.15, -0.1) is 0 Å². The van der Waals surface area contributed by atoms with Crippen molar-refractivity contribution in [3.05, 3.63) is 69.8 Å². The minimum absolute atomic E-state index is 0.0463. The number of ether oxygens (including phenoxy) is 1. The minimum Gasteiger partial charge on any atom is -0.493 e. The highest BCUT2D eigenvalue weighted by Gasteiger charge is 2.17. The van der Waals surface area contributed by atoms with Crippen LogP contribution in [0.5, 0.6) is 5.75 Å². The Kier molecular flexibility index (Phi) is 4.89. The van der Waals surface area contributed by atoms with Gasteiger partial charge in [-0.25, -0.2) is 10.4 Å². The number of carbonyl (C=O) groups is 1. The molecule has 0 fully saturated rings. The molecule has 0 bridgehead atoms. The first-order chi connectivity index (χ1) is 13.7. The number of rotatable bonds is 5. The van der Waals surface area contributed by atoms with E-state index in [2.05, 4.69) is 15.5 Å². The van der Waals surface area contributed by atoms with Crippen LogP contribution in [0.15, 0.2) is 52.4 Å². The lowest BCUT2D eigenvalue weighted by atomic mass is 10.1. The molecule has 0 saturated carbocycles. The van der Waals surface area contributed by atoms with Gasteiger partial charge in [-0.1, -0.05) is 12.1 Å². The third-order valence-corrected chi connectivity index (χ3v) is 4.67. The summed E-state index contributed by atoms with van der Waals surface area (Å²) in [6.07, 6.45) is 3.25. The molecular formula is C21H20N4O3. The summed E-state index contributed by atoms with van der Waals surface area (Å²) in [6.45, 7) is 3.16. The van der Waals surface area contributed by atoms with Crippen LogP contribution in [0.3, 0.4) is 0 Å². The van der Waals surface area contributed by atoms with E-state index in [1.807, 2.05) is 31.2 Å². The number of benzene rings is 2. The molecule has 7 heteroatoms. The molecule has 3 aromatic rings. The molecule has 28 heavy (non-hydrogen) atoms. The lowest BCUT2D eigenvalue weighted by Crippen LogP contribution is -2.22. The van der Waals surface area contributed by atoms with Crippen LogP contribution in [-0.2, 0) is 13.0 Å². The second-order valence-corrected chi connectivity index (χ2v) is 6.49. The summed E-state index contributed by atoms with van der Waals surface area (Å²) in [7, 11) is 0. The predicted molar refractivity (Wildman–Crippen MR) is 107 cm³/mol. The van der Waals surface area contributed by atoms with Gasteiger partial charge in [0.25, 0.3) is 11.5 Å². The van der Waals surface area contributed by atoms with Crippen molar-refractivity contribution >= 4 is 23.0 Å². The predicted octanol–water partition coefficient (Wildman–Crippen LogP) is 2.51. The fraction of sp³-hybridized carbons (Fsp3) is 0.238. The summed E-state index contributed by atoms with van der Waals surface area (Å²) in [4.78, 5) is 29.5. The van der Waals surface area contributed by atoms with Crippen molar-refractivity contribution in [1.29, 1.82) is 0 Å². The number of nitrogens with zero attached hydrogens (tertiary/aromatic N) is 3. The van der Waals surface area contributed by atoms with Crippen molar-refractivity contribution < 1.29 is 9.53 Å². The van der Waals surface area contributed by atoms with Crippen molar-refractivity contribution in [2.24, 2.45) is 5.10 Å². The van der Waals surface area contributed by atoms with Crippen LogP contribution >= 0.6 is 0 Å². The lowest BCUT2D eigenvalue weighted by molar-refractivity contribution is 0.0955. The Morgan fingerprint density at radius 2 is 2.18 bits per heavy atom. The number of nitrogens with one attached hydrogen (secondary N) is 1. The van der Waals surface area contributed by atoms with Gasteiger partial charge in [-0.2, -0.15) is 5.10 Å². The Morgan fingerprint density at radius 1 is 1.32 bits per heavy atom. The molecule has 0 saturated heterocycles. The van der Waals surface area contributed by atoms with Crippen molar-refractivity contribution in [3.8, 4) is 5.75 Å². The zero-order valence-corrected chi connectivity index (χ0v) is 15.5. The minimum atomic E-state index is -0.366. The number of aryl methyl sites for hydroxylation is 1. The van der Waals surface area contributed by atoms with Gasteiger partial charge in [-0.3, -0.25) is 14.2 Å². The van der Waals surface area contributed by atoms with E-state index in [9.17, 15) is 9.59 Å². The number of carbonyl (C=O) groups excluding carboxylic acids is 1. The summed E-state index contributed by atoms with van der Waals surface area (Å²) in [6, 6.07) is 12.4. The molecule has 1 aromatic heterocycles. The summed E-state index contributed by atoms with van der Waals surface area (Å²) < 4.78 is 7.24. The fourth-order valence-corrected chi connectivity index (χ4v) is 3.32. The van der Waals surface area contributed by atoms with E-state index in [1.165, 1.54) is 0 Å². The molecule has 0 spiro atoms. The van der Waals surface area contributed by atoms with Gasteiger partial charge < -0.3 is 4.74 Å². The quantitative estimate of drug-likeness (QED) is 0.548. The number of hydrazone groups is 1. The van der Waals surface area contributed by atoms with E-state index in [0.717, 1.165) is 24.2 Å². The molecule has 1 N–H and O–H groups in total. The van der Waals surface area contributed by atoms with Gasteiger partial charge in [-0.05, 0) is 43.7 Å². The van der Waals surface area contributed by atoms with E-state index < -0.39 is 0 Å². The van der Waals surface area contributed by atoms with Gasteiger partial charge in [0.2, 0.25) is 0 Å². The zero-order valence-electron chi connectivity index (χ0n) is 15.5. The molecule has 0 unspecified atom stereocenters. The van der Waals surface area contributed by atoms with Crippen LogP contribution in [0, 0.1) is 0 Å². The normalized spacial score (nSPS) is 13.0. The second kappa shape index (κ2) is 7.64. The third-order valence-electron chi connectivity index (χ3n) is 4.67. The van der Waals surface area contributed by atoms with Gasteiger partial charge in [0.1, 0.15) is 11.6 Å². The highest BCUT2D eigenvalue weighted by atomic mass is 16.5. The Labute approximate surface area is 161 Å². The first-order valence-corrected chi connectivity index (χ1v) is 9.26. The van der Waals surface area contributed by atoms with Crippen LogP contribution in [-0.4, -0.2) is 28.3 Å². The van der Waals surface area contributed by atoms with Crippen LogP contribution in [0.4, 0.5) is 0 Å². The van der Waals surface area contributed by atoms with Crippen molar-refractivity contribution in [2.75, 3.05) is 6.61 Å². The zero-order chi connectivity index (χ0) is 19.5. The molecule has 0 radical (unpaired) electrons. The number of amides is 1. The van der Waals surface area contributed by atoms with E-state index in [0.29, 0.717) is 35.4 Å². The Hall–Kier alpha value is -3.48. The summed E-state index contributed by atoms with van der Waals surface area (Å²) >= 11 is 0. The van der Waals surface area contributed by atoms with Gasteiger partial charge in [0.05, 0.1) is 23.7 Å². The molecule has 2 heterocycles. The van der Waals surface area contributed by atoms with E-state index >= 15 is 0 Å². The van der Waals surface area contributed by atoms with Crippen LogP contribution in [0.1, 0.15) is 35.1 Å². The summed E-state index contributed by atoms with van der Waals surface area (Å²) in [5.74, 6) is 1.11. The average Bonchev–Trinajstić information content (AvgIpc) is 3.18. The van der Waals surface area contributed by atoms with Crippen LogP contribution in [0.2, 0.25) is 0 Å². The van der Waals surface area contributed by atoms with Crippen LogP contribution < -0.4 is 15.7 Å². The molecule has 7 nitrogen and oxygen atoms in total. The topological polar surface area (TPSA) is 85.6 Å². The Morgan fingerprint density at radius 3 is 3.04 bits per heavy atom. The smallest absolute Gasteiger partial charge is 0.271 e. The average molecular weight is 376 g/mol. The number of hydrogen-bond acceptors (Lipinski definition) is 5. The highest BCUT2D eigenvalue weighted by Crippen LogP contribution is 2.17. The maximum absolute atomic E-state index is 12.5. The molecule has 1 aliphatic heterocycles. The molecule has 2 aromatic carbocycles. The number of fused-ring (bicyclic) bond motifs is 2. The van der Waals surface area contributed by atoms with Crippen LogP contribution in [0.25, 0.3) is 10.9 Å². The Balaban J connectivity index is 1.55. The highest BCUT2D eigenvalue weighted by molar-refractivity contribution is 5.98. The molecule has 1 amide bonds. The van der Waals surface area contributed by atoms with Crippen molar-refractivity contribution in [2.45, 2.75) is 26.3 Å². The second-order valence-electron chi connectivity index (χ2n) is 6.49. The molecular weight excluding hydrogens is 356 g/mol. The first kappa shape index (κ1) is 17.9. The number of aromatic nitrogens is 2. The molecule has 4 rings (SSSR count). The van der Waals surface area contributed by atoms with Gasteiger partial charge in [0, 0.05) is 24.1 Å². The van der Waals surface area contributed by atoms with E-state index in [-0.39, 0.29) is 11.5 Å². The molecule has 142 valence electrons. The van der Waals surface area contributed by atoms with E-state index in [4.69, 9.17) is 4.74 Å². The number of para-hydroxylation sites is 1. The third kappa shape index (κ3) is 3.38. The van der Waals surface area contributed by atoms with Crippen molar-refractivity contribution in [3.63, 3.8) is 0 Å². The van der Waals surface area contributed by atoms with Crippen molar-refractivity contribution in [1.82, 2.24) is 15.0 Å². The van der Waals surface area contributed by atoms with E-state index in [1.54, 1.807) is 29.0 Å². The Bertz CT molecular complexity index is 1130. The lowest BCUT2D eigenvalue weighted by Gasteiger charge is -2.07. The largest absolute Gasteiger partial charge is 0.493 e. The summed E-state index contributed by atoms with van der Waals surface area (Å²) in [5.41, 5.74) is 4.18. The molecule has 0 atom stereocenters. The standard InChI is InChI=1S/C21H20N4O3/c1-2-28-18-7-4-3-6-15(18)13-22-24-20(26)14-9-10-16-17(12-14)23-19-8-5-11-25(19)21(16)27/h3-4,6-7,9-10,12-13H,2,5,8,11H2,1H3,(H,24,26)/b22-13-. The maximum atomic E-state index is 12.5. The van der Waals surface area contributed by atoms with Gasteiger partial charge >= 0.3 is 0 Å². The molecule has 1 aliphatic rings. The first-order valence-electron chi connectivity index (χ1n) is 9.26. The SMILES string of the molecule is CCOc1ccccc1/C=N\NC(=O)c1ccc2c(=O)n3c(nc2c1)CCC3. The monoisotopic (exact) mass is 376 g/mol. The number of hydrogen-bond donors (Lipinski definition) is 1. The molecule has 0 aliphatic carbocycles. The summed E-state index contributed by atoms with van der Waals surface area (Å²) in [5, 5.41) is 4.55.